The van der Waals surface area contributed by atoms with Gasteiger partial charge in [-0.15, -0.1) is 0 Å². The van der Waals surface area contributed by atoms with Gasteiger partial charge in [0.25, 0.3) is 0 Å². The Morgan fingerprint density at radius 2 is 1.77 bits per heavy atom. The van der Waals surface area contributed by atoms with Crippen LogP contribution in [0.1, 0.15) is 0 Å². The van der Waals surface area contributed by atoms with E-state index in [1.165, 1.54) is 0 Å². The fourth-order valence-electron chi connectivity index (χ4n) is 2.55. The van der Waals surface area contributed by atoms with Crippen molar-refractivity contribution in [3.8, 4) is 0 Å². The summed E-state index contributed by atoms with van der Waals surface area (Å²) in [6.45, 7) is 3.75. The minimum Gasteiger partial charge on any atom is -0.271 e. The molecule has 0 radical (unpaired) electrons. The van der Waals surface area contributed by atoms with Gasteiger partial charge in [0.15, 0.2) is 5.16 Å². The van der Waals surface area contributed by atoms with Crippen LogP contribution in [-0.2, 0) is 0 Å². The molecule has 0 saturated carbocycles. The quantitative estimate of drug-likeness (QED) is 0.397. The van der Waals surface area contributed by atoms with Gasteiger partial charge in [0.2, 0.25) is 0 Å². The summed E-state index contributed by atoms with van der Waals surface area (Å²) < 4.78 is 2.10. The van der Waals surface area contributed by atoms with Crippen LogP contribution in [0.15, 0.2) is 65.3 Å². The highest BCUT2D eigenvalue weighted by Gasteiger charge is 2.13. The van der Waals surface area contributed by atoms with E-state index < -0.39 is 0 Å². The Morgan fingerprint density at radius 3 is 2.59 bits per heavy atom. The Bertz CT molecular complexity index is 1020. The molecule has 2 aromatic heterocycles. The lowest BCUT2D eigenvalue weighted by Gasteiger charge is -2.07. The summed E-state index contributed by atoms with van der Waals surface area (Å²) in [5.74, 6) is 0.620. The minimum atomic E-state index is 0.609. The van der Waals surface area contributed by atoms with Crippen molar-refractivity contribution < 1.29 is 0 Å². The van der Waals surface area contributed by atoms with Crippen LogP contribution in [0.5, 0.6) is 0 Å². The first-order valence-electron chi connectivity index (χ1n) is 6.86. The highest BCUT2D eigenvalue weighted by atomic mass is 35.5. The molecule has 0 bridgehead atoms. The maximum atomic E-state index is 5.92. The fourth-order valence-corrected chi connectivity index (χ4v) is 3.48. The van der Waals surface area contributed by atoms with E-state index in [1.807, 2.05) is 36.4 Å². The van der Waals surface area contributed by atoms with Crippen LogP contribution in [-0.4, -0.2) is 20.1 Å². The van der Waals surface area contributed by atoms with E-state index in [1.54, 1.807) is 11.8 Å². The topological polar surface area (TPSA) is 30.2 Å². The molecule has 4 rings (SSSR count). The molecule has 0 fully saturated rings. The molecular weight excluding hydrogens is 314 g/mol. The van der Waals surface area contributed by atoms with Crippen molar-refractivity contribution in [3.05, 3.63) is 60.1 Å². The number of thioether (sulfide) groups is 1. The molecule has 0 unspecified atom stereocenters. The molecule has 0 aliphatic carbocycles. The molecular formula is C17H12ClN3S. The Balaban J connectivity index is 2.11. The molecule has 0 aliphatic heterocycles. The molecule has 108 valence electrons. The third kappa shape index (κ3) is 2.16. The van der Waals surface area contributed by atoms with Crippen molar-refractivity contribution in [3.63, 3.8) is 0 Å². The molecule has 3 nitrogen and oxygen atoms in total. The number of para-hydroxylation sites is 3. The van der Waals surface area contributed by atoms with Gasteiger partial charge in [-0.2, -0.15) is 0 Å². The molecule has 0 amide bonds. The average molecular weight is 326 g/mol. The summed E-state index contributed by atoms with van der Waals surface area (Å²) in [7, 11) is 0. The second-order valence-electron chi connectivity index (χ2n) is 4.98. The second-order valence-corrected chi connectivity index (χ2v) is 6.45. The summed E-state index contributed by atoms with van der Waals surface area (Å²) in [5, 5.41) is 2.54. The SMILES string of the molecule is C=C(Cl)CSc1nc2ccccc2c2nc3ccccc3n12. The lowest BCUT2D eigenvalue weighted by Crippen LogP contribution is -1.97. The largest absolute Gasteiger partial charge is 0.271 e. The van der Waals surface area contributed by atoms with Gasteiger partial charge >= 0.3 is 0 Å². The zero-order valence-corrected chi connectivity index (χ0v) is 13.2. The van der Waals surface area contributed by atoms with Crippen LogP contribution >= 0.6 is 23.4 Å². The lowest BCUT2D eigenvalue weighted by molar-refractivity contribution is 0.954. The third-order valence-electron chi connectivity index (χ3n) is 3.47. The fraction of sp³-hybridized carbons (Fsp3) is 0.0588. The van der Waals surface area contributed by atoms with Crippen molar-refractivity contribution in [2.75, 3.05) is 5.75 Å². The number of rotatable bonds is 3. The second kappa shape index (κ2) is 5.30. The number of imidazole rings is 1. The van der Waals surface area contributed by atoms with E-state index in [0.29, 0.717) is 10.8 Å². The van der Waals surface area contributed by atoms with Crippen molar-refractivity contribution in [1.82, 2.24) is 14.4 Å². The summed E-state index contributed by atoms with van der Waals surface area (Å²) in [4.78, 5) is 9.57. The van der Waals surface area contributed by atoms with Gasteiger partial charge in [0.05, 0.1) is 16.6 Å². The van der Waals surface area contributed by atoms with Crippen LogP contribution in [0, 0.1) is 0 Å². The predicted molar refractivity (Wildman–Crippen MR) is 93.7 cm³/mol. The molecule has 2 aromatic carbocycles. The van der Waals surface area contributed by atoms with Gasteiger partial charge in [-0.05, 0) is 24.3 Å². The zero-order valence-electron chi connectivity index (χ0n) is 11.7. The molecule has 4 aromatic rings. The third-order valence-corrected chi connectivity index (χ3v) is 4.79. The minimum absolute atomic E-state index is 0.609. The Morgan fingerprint density at radius 1 is 1.05 bits per heavy atom. The van der Waals surface area contributed by atoms with Crippen LogP contribution in [0.4, 0.5) is 0 Å². The van der Waals surface area contributed by atoms with Gasteiger partial charge < -0.3 is 0 Å². The number of aromatic nitrogens is 3. The van der Waals surface area contributed by atoms with Crippen LogP contribution < -0.4 is 0 Å². The summed E-state index contributed by atoms with van der Waals surface area (Å²) in [6.07, 6.45) is 0. The van der Waals surface area contributed by atoms with Crippen molar-refractivity contribution >= 4 is 50.9 Å². The molecule has 5 heteroatoms. The first-order chi connectivity index (χ1) is 10.7. The number of fused-ring (bicyclic) bond motifs is 5. The van der Waals surface area contributed by atoms with Crippen LogP contribution in [0.3, 0.4) is 0 Å². The number of hydrogen-bond donors (Lipinski definition) is 0. The average Bonchev–Trinajstić information content (AvgIpc) is 2.92. The maximum Gasteiger partial charge on any atom is 0.175 e. The first kappa shape index (κ1) is 13.6. The highest BCUT2D eigenvalue weighted by molar-refractivity contribution is 7.99. The lowest BCUT2D eigenvalue weighted by atomic mass is 10.2. The molecule has 0 spiro atoms. The number of benzene rings is 2. The predicted octanol–water partition coefficient (Wildman–Crippen LogP) is 4.88. The Hall–Kier alpha value is -2.04. The first-order valence-corrected chi connectivity index (χ1v) is 8.22. The Kier molecular flexibility index (Phi) is 3.28. The van der Waals surface area contributed by atoms with Gasteiger partial charge in [0, 0.05) is 16.2 Å². The van der Waals surface area contributed by atoms with Gasteiger partial charge in [-0.25, -0.2) is 9.97 Å². The number of halogens is 1. The van der Waals surface area contributed by atoms with Crippen molar-refractivity contribution in [2.45, 2.75) is 5.16 Å². The smallest absolute Gasteiger partial charge is 0.175 e. The van der Waals surface area contributed by atoms with E-state index in [2.05, 4.69) is 23.1 Å². The zero-order chi connectivity index (χ0) is 15.1. The molecule has 0 saturated heterocycles. The van der Waals surface area contributed by atoms with Gasteiger partial charge in [0.1, 0.15) is 5.65 Å². The van der Waals surface area contributed by atoms with E-state index in [9.17, 15) is 0 Å². The standard InChI is InChI=1S/C17H12ClN3S/c1-11(18)10-22-17-20-13-7-3-2-6-12(13)16-19-14-8-4-5-9-15(14)21(16)17/h2-9H,1,10H2. The maximum absolute atomic E-state index is 5.92. The normalized spacial score (nSPS) is 11.5. The van der Waals surface area contributed by atoms with Crippen molar-refractivity contribution in [2.24, 2.45) is 0 Å². The van der Waals surface area contributed by atoms with Crippen LogP contribution in [0.25, 0.3) is 27.6 Å². The van der Waals surface area contributed by atoms with E-state index >= 15 is 0 Å². The van der Waals surface area contributed by atoms with Crippen molar-refractivity contribution in [1.29, 1.82) is 0 Å². The molecule has 22 heavy (non-hydrogen) atoms. The Labute approximate surface area is 136 Å². The number of hydrogen-bond acceptors (Lipinski definition) is 3. The molecule has 0 N–H and O–H groups in total. The number of nitrogens with zero attached hydrogens (tertiary/aromatic N) is 3. The monoisotopic (exact) mass is 325 g/mol. The van der Waals surface area contributed by atoms with Gasteiger partial charge in [-0.1, -0.05) is 54.2 Å². The summed E-state index contributed by atoms with van der Waals surface area (Å²) in [5.41, 5.74) is 3.88. The van der Waals surface area contributed by atoms with Gasteiger partial charge in [-0.3, -0.25) is 4.40 Å². The summed E-state index contributed by atoms with van der Waals surface area (Å²) in [6, 6.07) is 16.2. The van der Waals surface area contributed by atoms with Crippen LogP contribution in [0.2, 0.25) is 0 Å². The molecule has 0 aliphatic rings. The molecule has 0 atom stereocenters. The van der Waals surface area contributed by atoms with E-state index in [4.69, 9.17) is 21.6 Å². The summed E-state index contributed by atoms with van der Waals surface area (Å²) >= 11 is 7.49. The van der Waals surface area contributed by atoms with E-state index in [0.717, 1.165) is 32.7 Å². The highest BCUT2D eigenvalue weighted by Crippen LogP contribution is 2.29. The van der Waals surface area contributed by atoms with E-state index in [-0.39, 0.29) is 0 Å². The molecule has 2 heterocycles.